The van der Waals surface area contributed by atoms with Crippen molar-refractivity contribution in [2.45, 2.75) is 19.9 Å². The highest BCUT2D eigenvalue weighted by atomic mass is 35.5. The molecule has 0 amide bonds. The molecule has 0 aliphatic rings. The summed E-state index contributed by atoms with van der Waals surface area (Å²) >= 11 is 5.96. The molecule has 7 heteroatoms. The van der Waals surface area contributed by atoms with Gasteiger partial charge in [-0.1, -0.05) is 25.4 Å². The maximum Gasteiger partial charge on any atom is 0.225 e. The molecule has 0 unspecified atom stereocenters. The molecule has 0 saturated heterocycles. The van der Waals surface area contributed by atoms with Crippen molar-refractivity contribution in [3.05, 3.63) is 59.9 Å². The first-order chi connectivity index (χ1) is 13.0. The van der Waals surface area contributed by atoms with Crippen LogP contribution in [0.1, 0.15) is 13.8 Å². The number of halogens is 1. The van der Waals surface area contributed by atoms with Crippen molar-refractivity contribution in [3.8, 4) is 11.3 Å². The van der Waals surface area contributed by atoms with E-state index in [1.54, 1.807) is 12.4 Å². The zero-order valence-electron chi connectivity index (χ0n) is 15.2. The van der Waals surface area contributed by atoms with Crippen molar-refractivity contribution in [1.82, 2.24) is 15.0 Å². The minimum absolute atomic E-state index is 0.000454. The van der Waals surface area contributed by atoms with Gasteiger partial charge in [0.2, 0.25) is 5.95 Å². The van der Waals surface area contributed by atoms with E-state index in [1.165, 1.54) is 0 Å². The van der Waals surface area contributed by atoms with E-state index in [0.29, 0.717) is 16.8 Å². The Morgan fingerprint density at radius 2 is 1.74 bits per heavy atom. The lowest BCUT2D eigenvalue weighted by Crippen LogP contribution is -2.30. The molecule has 0 aliphatic carbocycles. The van der Waals surface area contributed by atoms with Crippen LogP contribution in [0.3, 0.4) is 0 Å². The number of aliphatic hydroxyl groups is 1. The van der Waals surface area contributed by atoms with E-state index >= 15 is 0 Å². The number of nitrogens with zero attached hydrogens (tertiary/aromatic N) is 3. The molecule has 0 fully saturated rings. The normalized spacial score (nSPS) is 12.0. The fourth-order valence-corrected chi connectivity index (χ4v) is 2.64. The molecule has 0 bridgehead atoms. The Morgan fingerprint density at radius 3 is 2.37 bits per heavy atom. The molecule has 3 rings (SSSR count). The molecule has 2 aromatic heterocycles. The smallest absolute Gasteiger partial charge is 0.225 e. The first-order valence-corrected chi connectivity index (χ1v) is 9.12. The summed E-state index contributed by atoms with van der Waals surface area (Å²) in [4.78, 5) is 13.2. The lowest BCUT2D eigenvalue weighted by molar-refractivity contribution is 0.248. The van der Waals surface area contributed by atoms with Crippen LogP contribution < -0.4 is 10.6 Å². The average molecular weight is 384 g/mol. The van der Waals surface area contributed by atoms with Crippen LogP contribution in [0.2, 0.25) is 5.02 Å². The molecule has 27 heavy (non-hydrogen) atoms. The second-order valence-electron chi connectivity index (χ2n) is 6.51. The van der Waals surface area contributed by atoms with E-state index < -0.39 is 0 Å². The quantitative estimate of drug-likeness (QED) is 0.562. The summed E-state index contributed by atoms with van der Waals surface area (Å²) in [6, 6.07) is 12.9. The van der Waals surface area contributed by atoms with E-state index in [0.717, 1.165) is 16.9 Å². The van der Waals surface area contributed by atoms with Gasteiger partial charge in [0.25, 0.3) is 0 Å². The van der Waals surface area contributed by atoms with Crippen LogP contribution in [0.25, 0.3) is 11.3 Å². The Kier molecular flexibility index (Phi) is 6.21. The van der Waals surface area contributed by atoms with Crippen LogP contribution in [-0.2, 0) is 0 Å². The summed E-state index contributed by atoms with van der Waals surface area (Å²) in [6.07, 6.45) is 3.45. The third-order valence-corrected chi connectivity index (χ3v) is 4.39. The van der Waals surface area contributed by atoms with Crippen LogP contribution >= 0.6 is 11.6 Å². The maximum atomic E-state index is 9.62. The lowest BCUT2D eigenvalue weighted by atomic mass is 10.1. The van der Waals surface area contributed by atoms with Gasteiger partial charge in [0.1, 0.15) is 5.82 Å². The van der Waals surface area contributed by atoms with E-state index in [1.807, 2.05) is 56.3 Å². The highest BCUT2D eigenvalue weighted by Gasteiger charge is 2.15. The van der Waals surface area contributed by atoms with Gasteiger partial charge in [0.05, 0.1) is 18.3 Å². The number of aliphatic hydroxyl groups excluding tert-OH is 1. The Hall–Kier alpha value is -2.70. The molecule has 6 nitrogen and oxygen atoms in total. The van der Waals surface area contributed by atoms with Crippen molar-refractivity contribution < 1.29 is 5.11 Å². The number of aromatic nitrogens is 3. The second-order valence-corrected chi connectivity index (χ2v) is 6.94. The van der Waals surface area contributed by atoms with Gasteiger partial charge in [0.15, 0.2) is 0 Å². The predicted octanol–water partition coefficient (Wildman–Crippen LogP) is 4.36. The molecule has 3 N–H and O–H groups in total. The van der Waals surface area contributed by atoms with E-state index in [-0.39, 0.29) is 18.6 Å². The Bertz CT molecular complexity index is 871. The molecule has 1 aromatic carbocycles. The van der Waals surface area contributed by atoms with Crippen LogP contribution in [-0.4, -0.2) is 32.7 Å². The Balaban J connectivity index is 1.96. The first-order valence-electron chi connectivity index (χ1n) is 8.74. The van der Waals surface area contributed by atoms with E-state index in [2.05, 4.69) is 25.6 Å². The summed E-state index contributed by atoms with van der Waals surface area (Å²) < 4.78 is 0. The molecular weight excluding hydrogens is 362 g/mol. The predicted molar refractivity (Wildman–Crippen MR) is 109 cm³/mol. The van der Waals surface area contributed by atoms with Crippen LogP contribution in [0.5, 0.6) is 0 Å². The molecule has 0 spiro atoms. The summed E-state index contributed by atoms with van der Waals surface area (Å²) in [5.41, 5.74) is 2.55. The molecular formula is C20H22ClN5O. The Labute approximate surface area is 163 Å². The number of hydrogen-bond acceptors (Lipinski definition) is 6. The summed E-state index contributed by atoms with van der Waals surface area (Å²) in [6.45, 7) is 4.07. The van der Waals surface area contributed by atoms with Gasteiger partial charge < -0.3 is 15.7 Å². The van der Waals surface area contributed by atoms with Gasteiger partial charge in [-0.2, -0.15) is 4.98 Å². The SMILES string of the molecule is CC(C)[C@@H](CO)Nc1nc(Nc2ccc(Cl)cc2)cc(-c2ccncc2)n1. The van der Waals surface area contributed by atoms with Gasteiger partial charge in [-0.15, -0.1) is 0 Å². The number of hydrogen-bond donors (Lipinski definition) is 3. The fraction of sp³-hybridized carbons (Fsp3) is 0.250. The highest BCUT2D eigenvalue weighted by molar-refractivity contribution is 6.30. The van der Waals surface area contributed by atoms with Crippen molar-refractivity contribution in [1.29, 1.82) is 0 Å². The maximum absolute atomic E-state index is 9.62. The zero-order chi connectivity index (χ0) is 19.2. The number of nitrogens with one attached hydrogen (secondary N) is 2. The molecule has 3 aromatic rings. The summed E-state index contributed by atoms with van der Waals surface area (Å²) in [5.74, 6) is 1.33. The fourth-order valence-electron chi connectivity index (χ4n) is 2.52. The summed E-state index contributed by atoms with van der Waals surface area (Å²) in [5, 5.41) is 16.8. The third kappa shape index (κ3) is 5.15. The number of rotatable bonds is 7. The van der Waals surface area contributed by atoms with Crippen molar-refractivity contribution in [3.63, 3.8) is 0 Å². The van der Waals surface area contributed by atoms with Crippen molar-refractivity contribution in [2.24, 2.45) is 5.92 Å². The molecule has 0 saturated carbocycles. The summed E-state index contributed by atoms with van der Waals surface area (Å²) in [7, 11) is 0. The Morgan fingerprint density at radius 1 is 1.04 bits per heavy atom. The monoisotopic (exact) mass is 383 g/mol. The number of anilines is 3. The van der Waals surface area contributed by atoms with Gasteiger partial charge in [-0.3, -0.25) is 4.98 Å². The van der Waals surface area contributed by atoms with E-state index in [4.69, 9.17) is 11.6 Å². The minimum atomic E-state index is -0.138. The molecule has 2 heterocycles. The average Bonchev–Trinajstić information content (AvgIpc) is 2.68. The largest absolute Gasteiger partial charge is 0.394 e. The molecule has 0 radical (unpaired) electrons. The van der Waals surface area contributed by atoms with Crippen LogP contribution in [0.4, 0.5) is 17.5 Å². The van der Waals surface area contributed by atoms with Gasteiger partial charge >= 0.3 is 0 Å². The standard InChI is InChI=1S/C20H22ClN5O/c1-13(2)18(12-27)25-20-24-17(14-7-9-22-10-8-14)11-19(26-20)23-16-5-3-15(21)4-6-16/h3-11,13,18,27H,12H2,1-2H3,(H2,23,24,25,26)/t18-/m1/s1. The van der Waals surface area contributed by atoms with Crippen LogP contribution in [0, 0.1) is 5.92 Å². The van der Waals surface area contributed by atoms with Crippen molar-refractivity contribution >= 4 is 29.1 Å². The van der Waals surface area contributed by atoms with Gasteiger partial charge in [0, 0.05) is 34.7 Å². The number of pyridine rings is 1. The highest BCUT2D eigenvalue weighted by Crippen LogP contribution is 2.24. The molecule has 0 aliphatic heterocycles. The topological polar surface area (TPSA) is 83.0 Å². The molecule has 140 valence electrons. The molecule has 1 atom stereocenters. The van der Waals surface area contributed by atoms with Gasteiger partial charge in [-0.25, -0.2) is 4.98 Å². The second kappa shape index (κ2) is 8.79. The third-order valence-electron chi connectivity index (χ3n) is 4.13. The zero-order valence-corrected chi connectivity index (χ0v) is 16.0. The number of benzene rings is 1. The van der Waals surface area contributed by atoms with Crippen LogP contribution in [0.15, 0.2) is 54.9 Å². The van der Waals surface area contributed by atoms with Gasteiger partial charge in [-0.05, 0) is 42.3 Å². The first kappa shape index (κ1) is 19.1. The van der Waals surface area contributed by atoms with Crippen molar-refractivity contribution in [2.75, 3.05) is 17.2 Å². The minimum Gasteiger partial charge on any atom is -0.394 e. The van der Waals surface area contributed by atoms with E-state index in [9.17, 15) is 5.11 Å². The lowest BCUT2D eigenvalue weighted by Gasteiger charge is -2.20.